The molecule has 0 saturated carbocycles. The highest BCUT2D eigenvalue weighted by Gasteiger charge is 2.22. The number of carbonyl (C=O) groups is 2. The largest absolute Gasteiger partial charge is 0.444 e. The fourth-order valence-corrected chi connectivity index (χ4v) is 7.23. The van der Waals surface area contributed by atoms with Crippen LogP contribution in [0.15, 0.2) is 46.0 Å². The monoisotopic (exact) mass is 617 g/mol. The zero-order chi connectivity index (χ0) is 29.2. The first-order valence-corrected chi connectivity index (χ1v) is 16.2. The second kappa shape index (κ2) is 11.8. The number of anilines is 2. The van der Waals surface area contributed by atoms with Crippen molar-refractivity contribution in [1.82, 2.24) is 25.0 Å². The Balaban J connectivity index is 1.20. The molecule has 4 heterocycles. The third-order valence-corrected chi connectivity index (χ3v) is 9.76. The maximum Gasteiger partial charge on any atom is 0.407 e. The Hall–Kier alpha value is -3.53. The lowest BCUT2D eigenvalue weighted by Gasteiger charge is -2.22. The second-order valence-corrected chi connectivity index (χ2v) is 14.4. The fraction of sp³-hybridized carbons (Fsp3) is 0.385. The van der Waals surface area contributed by atoms with Gasteiger partial charge in [-0.3, -0.25) is 24.4 Å². The standard InChI is InChI=1S/C26H31N7O5S3/c1-26(2,3)38-25(35)27-9-12-32-10-5-11-33-18(16-32)15-20(30-33)23(34)29-24-28-19-8-7-17(14-21(19)40-24)31-41(36,37)22-6-4-13-39-22/h4,6-8,13-15,31H,5,9-12,16H2,1-3H3,(H,27,35)(H,28,29,34). The average molecular weight is 618 g/mol. The van der Waals surface area contributed by atoms with Gasteiger partial charge in [0, 0.05) is 32.7 Å². The van der Waals surface area contributed by atoms with Crippen molar-refractivity contribution in [3.8, 4) is 0 Å². The van der Waals surface area contributed by atoms with Crippen molar-refractivity contribution in [2.75, 3.05) is 29.7 Å². The Morgan fingerprint density at radius 2 is 1.98 bits per heavy atom. The van der Waals surface area contributed by atoms with Crippen molar-refractivity contribution >= 4 is 65.7 Å². The van der Waals surface area contributed by atoms with Gasteiger partial charge in [-0.2, -0.15) is 5.10 Å². The van der Waals surface area contributed by atoms with Crippen LogP contribution in [0.3, 0.4) is 0 Å². The molecule has 12 nitrogen and oxygen atoms in total. The minimum Gasteiger partial charge on any atom is -0.444 e. The van der Waals surface area contributed by atoms with Crippen molar-refractivity contribution in [2.24, 2.45) is 0 Å². The molecule has 1 aliphatic heterocycles. The number of sulfonamides is 1. The van der Waals surface area contributed by atoms with E-state index in [1.165, 1.54) is 11.3 Å². The molecule has 218 valence electrons. The molecule has 3 aromatic heterocycles. The molecule has 2 amide bonds. The third kappa shape index (κ3) is 7.41. The van der Waals surface area contributed by atoms with E-state index in [0.717, 1.165) is 34.7 Å². The minimum absolute atomic E-state index is 0.230. The average Bonchev–Trinajstić information content (AvgIpc) is 3.61. The SMILES string of the molecule is CC(C)(C)OC(=O)NCCN1CCCn2nc(C(=O)Nc3nc4ccc(NS(=O)(=O)c5cccs5)cc4s3)cc2C1. The summed E-state index contributed by atoms with van der Waals surface area (Å²) < 4.78 is 35.8. The lowest BCUT2D eigenvalue weighted by molar-refractivity contribution is 0.0521. The number of thiophene rings is 1. The summed E-state index contributed by atoms with van der Waals surface area (Å²) in [6.45, 7) is 8.69. The van der Waals surface area contributed by atoms with Gasteiger partial charge in [-0.15, -0.1) is 11.3 Å². The Morgan fingerprint density at radius 3 is 2.73 bits per heavy atom. The van der Waals surface area contributed by atoms with Crippen LogP contribution in [-0.4, -0.2) is 65.3 Å². The fourth-order valence-electron chi connectivity index (χ4n) is 4.29. The molecule has 0 unspecified atom stereocenters. The number of aromatic nitrogens is 3. The summed E-state index contributed by atoms with van der Waals surface area (Å²) in [5.74, 6) is -0.374. The van der Waals surface area contributed by atoms with E-state index in [0.29, 0.717) is 42.5 Å². The number of alkyl carbamates (subject to hydrolysis) is 1. The molecule has 0 fully saturated rings. The molecule has 0 saturated heterocycles. The van der Waals surface area contributed by atoms with Crippen LogP contribution in [0.5, 0.6) is 0 Å². The Kier molecular flexibility index (Phi) is 8.31. The second-order valence-electron chi connectivity index (χ2n) is 10.5. The maximum absolute atomic E-state index is 13.0. The quantitative estimate of drug-likeness (QED) is 0.265. The van der Waals surface area contributed by atoms with Gasteiger partial charge in [0.2, 0.25) is 0 Å². The zero-order valence-corrected chi connectivity index (χ0v) is 25.3. The number of carbonyl (C=O) groups excluding carboxylic acids is 2. The highest BCUT2D eigenvalue weighted by molar-refractivity contribution is 7.94. The minimum atomic E-state index is -3.67. The molecule has 3 N–H and O–H groups in total. The van der Waals surface area contributed by atoms with E-state index in [1.807, 2.05) is 25.5 Å². The van der Waals surface area contributed by atoms with Crippen molar-refractivity contribution < 1.29 is 22.7 Å². The molecule has 0 radical (unpaired) electrons. The molecular formula is C26H31N7O5S3. The number of rotatable bonds is 8. The normalized spacial score (nSPS) is 14.3. The molecule has 41 heavy (non-hydrogen) atoms. The zero-order valence-electron chi connectivity index (χ0n) is 22.8. The van der Waals surface area contributed by atoms with Gasteiger partial charge in [0.05, 0.1) is 21.6 Å². The Bertz CT molecular complexity index is 1660. The van der Waals surface area contributed by atoms with E-state index >= 15 is 0 Å². The lowest BCUT2D eigenvalue weighted by atomic mass is 10.2. The molecule has 4 aromatic rings. The van der Waals surface area contributed by atoms with Crippen LogP contribution < -0.4 is 15.4 Å². The highest BCUT2D eigenvalue weighted by Crippen LogP contribution is 2.30. The summed E-state index contributed by atoms with van der Waals surface area (Å²) in [4.78, 5) is 31.6. The van der Waals surface area contributed by atoms with Crippen LogP contribution >= 0.6 is 22.7 Å². The van der Waals surface area contributed by atoms with Crippen molar-refractivity contribution in [2.45, 2.75) is 50.1 Å². The number of thiazole rings is 1. The first kappa shape index (κ1) is 29.0. The molecule has 0 spiro atoms. The first-order valence-electron chi connectivity index (χ1n) is 13.0. The van der Waals surface area contributed by atoms with E-state index in [1.54, 1.807) is 41.8 Å². The summed E-state index contributed by atoms with van der Waals surface area (Å²) in [7, 11) is -3.67. The van der Waals surface area contributed by atoms with Crippen LogP contribution in [0.4, 0.5) is 15.6 Å². The molecule has 5 rings (SSSR count). The van der Waals surface area contributed by atoms with Gasteiger partial charge in [-0.05, 0) is 62.9 Å². The van der Waals surface area contributed by atoms with E-state index in [2.05, 4.69) is 30.3 Å². The van der Waals surface area contributed by atoms with Crippen LogP contribution in [0, 0.1) is 0 Å². The van der Waals surface area contributed by atoms with E-state index < -0.39 is 21.7 Å². The predicted octanol–water partition coefficient (Wildman–Crippen LogP) is 4.34. The van der Waals surface area contributed by atoms with Crippen LogP contribution in [0.1, 0.15) is 43.4 Å². The predicted molar refractivity (Wildman–Crippen MR) is 159 cm³/mol. The lowest BCUT2D eigenvalue weighted by Crippen LogP contribution is -2.37. The summed E-state index contributed by atoms with van der Waals surface area (Å²) in [5, 5.41) is 12.2. The highest BCUT2D eigenvalue weighted by atomic mass is 32.2. The number of ether oxygens (including phenoxy) is 1. The van der Waals surface area contributed by atoms with Crippen molar-refractivity contribution in [1.29, 1.82) is 0 Å². The van der Waals surface area contributed by atoms with Gasteiger partial charge in [0.15, 0.2) is 10.8 Å². The smallest absolute Gasteiger partial charge is 0.407 e. The van der Waals surface area contributed by atoms with Gasteiger partial charge in [0.1, 0.15) is 9.81 Å². The van der Waals surface area contributed by atoms with Gasteiger partial charge in [0.25, 0.3) is 15.9 Å². The number of amides is 2. The van der Waals surface area contributed by atoms with Gasteiger partial charge >= 0.3 is 6.09 Å². The number of hydrogen-bond donors (Lipinski definition) is 3. The molecular weight excluding hydrogens is 587 g/mol. The topological polar surface area (TPSA) is 148 Å². The van der Waals surface area contributed by atoms with E-state index in [4.69, 9.17) is 4.74 Å². The van der Waals surface area contributed by atoms with E-state index in [-0.39, 0.29) is 15.8 Å². The summed E-state index contributed by atoms with van der Waals surface area (Å²) >= 11 is 2.39. The van der Waals surface area contributed by atoms with Crippen LogP contribution in [0.2, 0.25) is 0 Å². The van der Waals surface area contributed by atoms with Crippen LogP contribution in [0.25, 0.3) is 10.2 Å². The summed E-state index contributed by atoms with van der Waals surface area (Å²) in [6, 6.07) is 10.0. The first-order chi connectivity index (χ1) is 19.4. The summed E-state index contributed by atoms with van der Waals surface area (Å²) in [6.07, 6.45) is 0.417. The van der Waals surface area contributed by atoms with E-state index in [9.17, 15) is 18.0 Å². The van der Waals surface area contributed by atoms with Crippen molar-refractivity contribution in [3.63, 3.8) is 0 Å². The maximum atomic E-state index is 13.0. The number of benzene rings is 1. The Morgan fingerprint density at radius 1 is 1.15 bits per heavy atom. The molecule has 15 heteroatoms. The molecule has 1 aliphatic rings. The van der Waals surface area contributed by atoms with Gasteiger partial charge < -0.3 is 10.1 Å². The van der Waals surface area contributed by atoms with Crippen molar-refractivity contribution in [3.05, 3.63) is 53.2 Å². The van der Waals surface area contributed by atoms with Gasteiger partial charge in [-0.25, -0.2) is 18.2 Å². The number of fused-ring (bicyclic) bond motifs is 2. The number of aryl methyl sites for hydroxylation is 1. The summed E-state index contributed by atoms with van der Waals surface area (Å²) in [5.41, 5.74) is 1.71. The molecule has 0 bridgehead atoms. The molecule has 0 aliphatic carbocycles. The van der Waals surface area contributed by atoms with Crippen LogP contribution in [-0.2, 0) is 27.8 Å². The third-order valence-electron chi connectivity index (χ3n) is 6.04. The Labute approximate surface area is 245 Å². The number of nitrogens with one attached hydrogen (secondary N) is 3. The molecule has 1 aromatic carbocycles. The molecule has 0 atom stereocenters. The number of hydrogen-bond acceptors (Lipinski definition) is 10. The number of nitrogens with zero attached hydrogens (tertiary/aromatic N) is 4. The van der Waals surface area contributed by atoms with Gasteiger partial charge in [-0.1, -0.05) is 17.4 Å².